The average molecular weight is 396 g/mol. The number of alkyl halides is 3. The van der Waals surface area contributed by atoms with Gasteiger partial charge in [0.05, 0.1) is 10.6 Å². The van der Waals surface area contributed by atoms with E-state index in [0.717, 1.165) is 28.7 Å². The standard InChI is InChI=1S/C18H21F3N5S/c1-6-27-16-12(8-17(2,3)4)25(5)24-15(16)11-9-26-10-22-13(18(19,20)21)7-14(26)23-11/h7-10H,6H2,1-5H3. The molecule has 1 radical (unpaired) electrons. The van der Waals surface area contributed by atoms with E-state index in [2.05, 4.69) is 42.3 Å². The van der Waals surface area contributed by atoms with E-state index in [4.69, 9.17) is 0 Å². The first kappa shape index (κ1) is 19.7. The Morgan fingerprint density at radius 1 is 1.22 bits per heavy atom. The van der Waals surface area contributed by atoms with Crippen LogP contribution < -0.4 is 0 Å². The third-order valence-corrected chi connectivity index (χ3v) is 4.77. The van der Waals surface area contributed by atoms with Crippen LogP contribution in [0.2, 0.25) is 0 Å². The van der Waals surface area contributed by atoms with Gasteiger partial charge >= 0.3 is 6.18 Å². The predicted molar refractivity (Wildman–Crippen MR) is 99.4 cm³/mol. The normalized spacial score (nSPS) is 12.9. The van der Waals surface area contributed by atoms with Gasteiger partial charge in [0, 0.05) is 25.7 Å². The lowest BCUT2D eigenvalue weighted by molar-refractivity contribution is -0.141. The summed E-state index contributed by atoms with van der Waals surface area (Å²) in [6.45, 7) is 8.37. The topological polar surface area (TPSA) is 48.0 Å². The number of halogens is 3. The second-order valence-corrected chi connectivity index (χ2v) is 8.57. The fourth-order valence-electron chi connectivity index (χ4n) is 2.70. The lowest BCUT2D eigenvalue weighted by Crippen LogP contribution is -2.10. The number of imidazole rings is 1. The van der Waals surface area contributed by atoms with Crippen molar-refractivity contribution in [2.45, 2.75) is 38.8 Å². The zero-order valence-corrected chi connectivity index (χ0v) is 16.6. The third-order valence-electron chi connectivity index (χ3n) is 3.79. The molecule has 0 unspecified atom stereocenters. The molecule has 3 rings (SSSR count). The lowest BCUT2D eigenvalue weighted by atomic mass is 9.90. The van der Waals surface area contributed by atoms with Gasteiger partial charge in [-0.25, -0.2) is 9.97 Å². The second-order valence-electron chi connectivity index (χ2n) is 7.29. The molecule has 145 valence electrons. The summed E-state index contributed by atoms with van der Waals surface area (Å²) in [5.41, 5.74) is 1.35. The molecule has 0 saturated carbocycles. The Labute approximate surface area is 160 Å². The monoisotopic (exact) mass is 396 g/mol. The molecular weight excluding hydrogens is 375 g/mol. The predicted octanol–water partition coefficient (Wildman–Crippen LogP) is 4.86. The van der Waals surface area contributed by atoms with Crippen molar-refractivity contribution in [1.29, 1.82) is 0 Å². The molecule has 9 heteroatoms. The molecule has 0 bridgehead atoms. The van der Waals surface area contributed by atoms with Gasteiger partial charge in [-0.05, 0) is 11.2 Å². The Morgan fingerprint density at radius 2 is 1.93 bits per heavy atom. The van der Waals surface area contributed by atoms with Crippen LogP contribution in [0.4, 0.5) is 13.2 Å². The minimum Gasteiger partial charge on any atom is -0.290 e. The van der Waals surface area contributed by atoms with Crippen LogP contribution in [0.15, 0.2) is 23.5 Å². The molecule has 5 nitrogen and oxygen atoms in total. The molecule has 0 saturated heterocycles. The van der Waals surface area contributed by atoms with E-state index in [1.165, 1.54) is 4.40 Å². The summed E-state index contributed by atoms with van der Waals surface area (Å²) in [4.78, 5) is 8.82. The van der Waals surface area contributed by atoms with Gasteiger partial charge in [-0.15, -0.1) is 11.8 Å². The number of rotatable bonds is 4. The van der Waals surface area contributed by atoms with E-state index in [1.807, 2.05) is 14.0 Å². The first-order chi connectivity index (χ1) is 12.5. The Morgan fingerprint density at radius 3 is 2.52 bits per heavy atom. The third kappa shape index (κ3) is 4.12. The van der Waals surface area contributed by atoms with Gasteiger partial charge in [-0.3, -0.25) is 9.08 Å². The largest absolute Gasteiger partial charge is 0.433 e. The van der Waals surface area contributed by atoms with Crippen LogP contribution in [0.5, 0.6) is 0 Å². The van der Waals surface area contributed by atoms with Crippen molar-refractivity contribution in [3.8, 4) is 11.4 Å². The molecule has 0 aliphatic heterocycles. The van der Waals surface area contributed by atoms with Crippen LogP contribution >= 0.6 is 11.8 Å². The molecule has 3 heterocycles. The van der Waals surface area contributed by atoms with Gasteiger partial charge in [0.2, 0.25) is 0 Å². The van der Waals surface area contributed by atoms with Crippen LogP contribution in [0, 0.1) is 11.8 Å². The molecule has 27 heavy (non-hydrogen) atoms. The summed E-state index contributed by atoms with van der Waals surface area (Å²) in [5.74, 6) is 0.844. The molecule has 3 aromatic rings. The highest BCUT2D eigenvalue weighted by Gasteiger charge is 2.33. The highest BCUT2D eigenvalue weighted by atomic mass is 32.2. The number of hydrogen-bond acceptors (Lipinski definition) is 4. The number of fused-ring (bicyclic) bond motifs is 1. The van der Waals surface area contributed by atoms with E-state index in [-0.39, 0.29) is 11.1 Å². The molecule has 0 N–H and O–H groups in total. The summed E-state index contributed by atoms with van der Waals surface area (Å²) < 4.78 is 42.0. The Hall–Kier alpha value is -2.03. The van der Waals surface area contributed by atoms with Crippen LogP contribution in [0.25, 0.3) is 17.0 Å². The van der Waals surface area contributed by atoms with Crippen molar-refractivity contribution < 1.29 is 13.2 Å². The maximum absolute atomic E-state index is 12.9. The molecule has 0 amide bonds. The maximum atomic E-state index is 12.9. The molecule has 0 atom stereocenters. The summed E-state index contributed by atoms with van der Waals surface area (Å²) >= 11 is 1.64. The van der Waals surface area contributed by atoms with Crippen molar-refractivity contribution in [1.82, 2.24) is 24.1 Å². The fraction of sp³-hybridized carbons (Fsp3) is 0.444. The average Bonchev–Trinajstić information content (AvgIpc) is 3.08. The maximum Gasteiger partial charge on any atom is 0.433 e. The van der Waals surface area contributed by atoms with Gasteiger partial charge < -0.3 is 0 Å². The van der Waals surface area contributed by atoms with Crippen LogP contribution in [0.3, 0.4) is 0 Å². The van der Waals surface area contributed by atoms with Crippen LogP contribution in [-0.4, -0.2) is 29.9 Å². The zero-order valence-electron chi connectivity index (χ0n) is 15.8. The SMILES string of the molecule is CCSc1c(-c2cn3cnc(C(F)(F)F)cc3n2)nn(C)c1[CH]C(C)(C)C. The van der Waals surface area contributed by atoms with Crippen LogP contribution in [-0.2, 0) is 13.2 Å². The van der Waals surface area contributed by atoms with Gasteiger partial charge in [0.15, 0.2) is 0 Å². The quantitative estimate of drug-likeness (QED) is 0.591. The van der Waals surface area contributed by atoms with Crippen LogP contribution in [0.1, 0.15) is 39.1 Å². The van der Waals surface area contributed by atoms with Crippen molar-refractivity contribution >= 4 is 17.4 Å². The van der Waals surface area contributed by atoms with Gasteiger partial charge in [-0.1, -0.05) is 27.7 Å². The van der Waals surface area contributed by atoms with Crippen molar-refractivity contribution in [3.63, 3.8) is 0 Å². The van der Waals surface area contributed by atoms with Gasteiger partial charge in [-0.2, -0.15) is 18.3 Å². The smallest absolute Gasteiger partial charge is 0.290 e. The summed E-state index contributed by atoms with van der Waals surface area (Å²) in [7, 11) is 1.86. The van der Waals surface area contributed by atoms with Crippen molar-refractivity contribution in [3.05, 3.63) is 36.4 Å². The zero-order chi connectivity index (χ0) is 20.0. The molecule has 0 spiro atoms. The lowest BCUT2D eigenvalue weighted by Gasteiger charge is -2.18. The number of nitrogens with zero attached hydrogens (tertiary/aromatic N) is 5. The van der Waals surface area contributed by atoms with Gasteiger partial charge in [0.1, 0.15) is 29.1 Å². The Kier molecular flexibility index (Phi) is 5.00. The first-order valence-electron chi connectivity index (χ1n) is 8.47. The van der Waals surface area contributed by atoms with E-state index >= 15 is 0 Å². The number of hydrogen-bond donors (Lipinski definition) is 0. The molecular formula is C18H21F3N5S. The first-order valence-corrected chi connectivity index (χ1v) is 9.46. The van der Waals surface area contributed by atoms with Crippen molar-refractivity contribution in [2.24, 2.45) is 12.5 Å². The molecule has 0 aromatic carbocycles. The molecule has 0 fully saturated rings. The highest BCUT2D eigenvalue weighted by molar-refractivity contribution is 7.99. The fourth-order valence-corrected chi connectivity index (χ4v) is 3.61. The number of thioether (sulfide) groups is 1. The minimum absolute atomic E-state index is 0.0431. The Balaban J connectivity index is 2.11. The Bertz CT molecular complexity index is 966. The summed E-state index contributed by atoms with van der Waals surface area (Å²) in [6, 6.07) is 0.946. The number of aryl methyl sites for hydroxylation is 1. The van der Waals surface area contributed by atoms with E-state index in [9.17, 15) is 13.2 Å². The van der Waals surface area contributed by atoms with E-state index in [0.29, 0.717) is 11.4 Å². The molecule has 3 aromatic heterocycles. The van der Waals surface area contributed by atoms with Crippen molar-refractivity contribution in [2.75, 3.05) is 5.75 Å². The highest BCUT2D eigenvalue weighted by Crippen LogP contribution is 2.37. The second kappa shape index (κ2) is 6.85. The summed E-state index contributed by atoms with van der Waals surface area (Å²) in [5, 5.41) is 4.60. The van der Waals surface area contributed by atoms with E-state index in [1.54, 1.807) is 22.6 Å². The minimum atomic E-state index is -4.50. The summed E-state index contributed by atoms with van der Waals surface area (Å²) in [6.07, 6.45) is 0.426. The molecule has 0 aliphatic rings. The van der Waals surface area contributed by atoms with E-state index < -0.39 is 11.9 Å². The number of aromatic nitrogens is 5. The van der Waals surface area contributed by atoms with Gasteiger partial charge in [0.25, 0.3) is 0 Å². The molecule has 0 aliphatic carbocycles.